The molecule has 0 aliphatic carbocycles. The predicted molar refractivity (Wildman–Crippen MR) is 127 cm³/mol. The minimum absolute atomic E-state index is 0.0733. The Morgan fingerprint density at radius 1 is 1.18 bits per heavy atom. The molecule has 2 aliphatic heterocycles. The summed E-state index contributed by atoms with van der Waals surface area (Å²) < 4.78 is 10.9. The fourth-order valence-electron chi connectivity index (χ4n) is 4.30. The van der Waals surface area contributed by atoms with Crippen LogP contribution in [0, 0.1) is 0 Å². The number of aliphatic hydroxyl groups excluding tert-OH is 1. The Morgan fingerprint density at radius 3 is 2.62 bits per heavy atom. The molecule has 1 aromatic carbocycles. The van der Waals surface area contributed by atoms with Gasteiger partial charge >= 0.3 is 0 Å². The quantitative estimate of drug-likeness (QED) is 0.265. The van der Waals surface area contributed by atoms with Crippen molar-refractivity contribution in [2.45, 2.75) is 12.5 Å². The van der Waals surface area contributed by atoms with E-state index < -0.39 is 17.7 Å². The number of likely N-dealkylation sites (tertiary alicyclic amines) is 1. The predicted octanol–water partition coefficient (Wildman–Crippen LogP) is 2.79. The molecule has 0 spiro atoms. The highest BCUT2D eigenvalue weighted by Gasteiger charge is 2.45. The molecule has 0 radical (unpaired) electrons. The maximum atomic E-state index is 13.1. The van der Waals surface area contributed by atoms with Crippen LogP contribution in [0.5, 0.6) is 5.75 Å². The van der Waals surface area contributed by atoms with Gasteiger partial charge in [-0.15, -0.1) is 0 Å². The molecule has 0 bridgehead atoms. The Labute approximate surface area is 199 Å². The summed E-state index contributed by atoms with van der Waals surface area (Å²) in [5, 5.41) is 11.1. The highest BCUT2D eigenvalue weighted by atomic mass is 16.5. The van der Waals surface area contributed by atoms with Crippen LogP contribution in [0.15, 0.2) is 67.0 Å². The molecule has 3 heterocycles. The van der Waals surface area contributed by atoms with E-state index in [9.17, 15) is 14.7 Å². The molecular formula is C26H29N3O5. The van der Waals surface area contributed by atoms with Crippen molar-refractivity contribution >= 4 is 17.4 Å². The number of aromatic nitrogens is 1. The van der Waals surface area contributed by atoms with Crippen LogP contribution in [-0.2, 0) is 14.3 Å². The molecule has 1 unspecified atom stereocenters. The van der Waals surface area contributed by atoms with Gasteiger partial charge in [0.1, 0.15) is 18.1 Å². The number of carbonyl (C=O) groups excluding carboxylic acids is 2. The zero-order valence-electron chi connectivity index (χ0n) is 19.1. The maximum Gasteiger partial charge on any atom is 0.295 e. The molecule has 34 heavy (non-hydrogen) atoms. The average Bonchev–Trinajstić information content (AvgIpc) is 3.13. The number of hydrogen-bond acceptors (Lipinski definition) is 7. The van der Waals surface area contributed by atoms with Gasteiger partial charge in [0.15, 0.2) is 0 Å². The van der Waals surface area contributed by atoms with Crippen LogP contribution in [0.2, 0.25) is 0 Å². The Kier molecular flexibility index (Phi) is 7.72. The molecule has 0 saturated carbocycles. The first kappa shape index (κ1) is 23.7. The van der Waals surface area contributed by atoms with E-state index in [1.165, 1.54) is 0 Å². The molecule has 8 heteroatoms. The van der Waals surface area contributed by atoms with Gasteiger partial charge in [-0.25, -0.2) is 0 Å². The molecule has 2 aliphatic rings. The topological polar surface area (TPSA) is 92.2 Å². The standard InChI is InChI=1S/C26H29N3O5/c1-2-15-34-21-8-6-19(7-9-21)24(30)22-23(20-5-3-10-27-18-20)29(26(32)25(22)31)12-4-11-28-13-16-33-17-14-28/h2-3,5-10,18,23,30H,1,4,11-17H2/b24-22-. The summed E-state index contributed by atoms with van der Waals surface area (Å²) in [4.78, 5) is 34.1. The molecule has 8 nitrogen and oxygen atoms in total. The van der Waals surface area contributed by atoms with Gasteiger partial charge in [0.2, 0.25) is 0 Å². The normalized spacial score (nSPS) is 20.5. The van der Waals surface area contributed by atoms with Crippen molar-refractivity contribution in [2.24, 2.45) is 0 Å². The molecule has 1 atom stereocenters. The van der Waals surface area contributed by atoms with E-state index in [1.54, 1.807) is 53.7 Å². The number of hydrogen-bond donors (Lipinski definition) is 1. The fraction of sp³-hybridized carbons (Fsp3) is 0.346. The van der Waals surface area contributed by atoms with Crippen LogP contribution < -0.4 is 4.74 Å². The second-order valence-electron chi connectivity index (χ2n) is 8.21. The Morgan fingerprint density at radius 2 is 1.94 bits per heavy atom. The van der Waals surface area contributed by atoms with Crippen LogP contribution in [-0.4, -0.2) is 77.6 Å². The summed E-state index contributed by atoms with van der Waals surface area (Å²) >= 11 is 0. The first-order valence-corrected chi connectivity index (χ1v) is 11.4. The number of ketones is 1. The lowest BCUT2D eigenvalue weighted by atomic mass is 9.96. The van der Waals surface area contributed by atoms with Crippen molar-refractivity contribution in [1.29, 1.82) is 0 Å². The molecule has 178 valence electrons. The number of aliphatic hydroxyl groups is 1. The van der Waals surface area contributed by atoms with E-state index in [1.807, 2.05) is 6.07 Å². The zero-order chi connectivity index (χ0) is 23.9. The van der Waals surface area contributed by atoms with Gasteiger partial charge in [0.05, 0.1) is 24.8 Å². The number of rotatable bonds is 9. The summed E-state index contributed by atoms with van der Waals surface area (Å²) in [6, 6.07) is 9.62. The van der Waals surface area contributed by atoms with Crippen molar-refractivity contribution in [3.05, 3.63) is 78.1 Å². The number of amides is 1. The molecule has 1 aromatic heterocycles. The third-order valence-electron chi connectivity index (χ3n) is 6.01. The van der Waals surface area contributed by atoms with Gasteiger partial charge in [-0.05, 0) is 42.3 Å². The lowest BCUT2D eigenvalue weighted by Crippen LogP contribution is -2.39. The van der Waals surface area contributed by atoms with Gasteiger partial charge in [0.25, 0.3) is 11.7 Å². The Bertz CT molecular complexity index is 1050. The number of ether oxygens (including phenoxy) is 2. The van der Waals surface area contributed by atoms with Gasteiger partial charge in [0, 0.05) is 44.1 Å². The number of pyridine rings is 1. The number of nitrogens with zero attached hydrogens (tertiary/aromatic N) is 3. The summed E-state index contributed by atoms with van der Waals surface area (Å²) in [5.41, 5.74) is 1.19. The third-order valence-corrected chi connectivity index (χ3v) is 6.01. The van der Waals surface area contributed by atoms with E-state index in [-0.39, 0.29) is 11.3 Å². The lowest BCUT2D eigenvalue weighted by Gasteiger charge is -2.29. The number of benzene rings is 1. The SMILES string of the molecule is C=CCOc1ccc(/C(O)=C2/C(=O)C(=O)N(CCCN3CCOCC3)C2c2cccnc2)cc1. The van der Waals surface area contributed by atoms with E-state index in [4.69, 9.17) is 9.47 Å². The van der Waals surface area contributed by atoms with Crippen molar-refractivity contribution in [3.8, 4) is 5.75 Å². The van der Waals surface area contributed by atoms with Crippen molar-refractivity contribution < 1.29 is 24.2 Å². The molecule has 2 aromatic rings. The first-order valence-electron chi connectivity index (χ1n) is 11.4. The summed E-state index contributed by atoms with van der Waals surface area (Å²) in [6.45, 7) is 8.31. The van der Waals surface area contributed by atoms with E-state index in [0.29, 0.717) is 49.7 Å². The van der Waals surface area contributed by atoms with Crippen molar-refractivity contribution in [1.82, 2.24) is 14.8 Å². The second kappa shape index (κ2) is 11.1. The van der Waals surface area contributed by atoms with Gasteiger partial charge in [-0.1, -0.05) is 18.7 Å². The monoisotopic (exact) mass is 463 g/mol. The molecule has 4 rings (SSSR count). The molecule has 2 fully saturated rings. The molecular weight excluding hydrogens is 434 g/mol. The largest absolute Gasteiger partial charge is 0.507 e. The Hall–Kier alpha value is -3.49. The molecule has 1 amide bonds. The number of morpholine rings is 1. The average molecular weight is 464 g/mol. The second-order valence-corrected chi connectivity index (χ2v) is 8.21. The summed E-state index contributed by atoms with van der Waals surface area (Å²) in [5.74, 6) is -0.894. The fourth-order valence-corrected chi connectivity index (χ4v) is 4.30. The smallest absolute Gasteiger partial charge is 0.295 e. The minimum atomic E-state index is -0.699. The van der Waals surface area contributed by atoms with Gasteiger partial charge in [-0.2, -0.15) is 0 Å². The third kappa shape index (κ3) is 5.18. The zero-order valence-corrected chi connectivity index (χ0v) is 19.1. The molecule has 2 saturated heterocycles. The highest BCUT2D eigenvalue weighted by molar-refractivity contribution is 6.46. The summed E-state index contributed by atoms with van der Waals surface area (Å²) in [6.07, 6.45) is 5.61. The summed E-state index contributed by atoms with van der Waals surface area (Å²) in [7, 11) is 0. The minimum Gasteiger partial charge on any atom is -0.507 e. The van der Waals surface area contributed by atoms with Crippen LogP contribution >= 0.6 is 0 Å². The van der Waals surface area contributed by atoms with Crippen molar-refractivity contribution in [3.63, 3.8) is 0 Å². The lowest BCUT2D eigenvalue weighted by molar-refractivity contribution is -0.140. The van der Waals surface area contributed by atoms with E-state index in [2.05, 4.69) is 16.5 Å². The Balaban J connectivity index is 1.61. The van der Waals surface area contributed by atoms with Crippen LogP contribution in [0.1, 0.15) is 23.6 Å². The van der Waals surface area contributed by atoms with Gasteiger partial charge < -0.3 is 19.5 Å². The number of Topliss-reactive ketones (excluding diaryl/α,β-unsaturated/α-hetero) is 1. The molecule has 1 N–H and O–H groups in total. The van der Waals surface area contributed by atoms with E-state index >= 15 is 0 Å². The number of carbonyl (C=O) groups is 2. The van der Waals surface area contributed by atoms with E-state index in [0.717, 1.165) is 19.6 Å². The van der Waals surface area contributed by atoms with Crippen LogP contribution in [0.25, 0.3) is 5.76 Å². The van der Waals surface area contributed by atoms with Crippen LogP contribution in [0.3, 0.4) is 0 Å². The highest BCUT2D eigenvalue weighted by Crippen LogP contribution is 2.39. The van der Waals surface area contributed by atoms with Gasteiger partial charge in [-0.3, -0.25) is 19.5 Å². The maximum absolute atomic E-state index is 13.1. The first-order chi connectivity index (χ1) is 16.6. The van der Waals surface area contributed by atoms with Crippen LogP contribution in [0.4, 0.5) is 0 Å². The van der Waals surface area contributed by atoms with Crippen molar-refractivity contribution in [2.75, 3.05) is 46.0 Å².